The highest BCUT2D eigenvalue weighted by Gasteiger charge is 2.22. The van der Waals surface area contributed by atoms with Gasteiger partial charge < -0.3 is 10.1 Å². The summed E-state index contributed by atoms with van der Waals surface area (Å²) in [6, 6.07) is 11.1. The molecular formula is C17H16N2O5S. The second-order valence-corrected chi connectivity index (χ2v) is 7.42. The van der Waals surface area contributed by atoms with Gasteiger partial charge in [0, 0.05) is 5.69 Å². The smallest absolute Gasteiger partial charge is 0.326 e. The van der Waals surface area contributed by atoms with Crippen LogP contribution in [-0.4, -0.2) is 26.8 Å². The first-order valence-electron chi connectivity index (χ1n) is 7.53. The maximum absolute atomic E-state index is 12.3. The van der Waals surface area contributed by atoms with Crippen LogP contribution in [0.2, 0.25) is 0 Å². The fourth-order valence-corrected chi connectivity index (χ4v) is 3.40. The number of hydrogen-bond donors (Lipinski definition) is 2. The van der Waals surface area contributed by atoms with Gasteiger partial charge in [0.2, 0.25) is 15.9 Å². The first kappa shape index (κ1) is 17.1. The summed E-state index contributed by atoms with van der Waals surface area (Å²) in [7, 11) is -3.88. The quantitative estimate of drug-likeness (QED) is 0.619. The Morgan fingerprint density at radius 1 is 1.20 bits per heavy atom. The molecule has 0 aliphatic carbocycles. The van der Waals surface area contributed by atoms with E-state index in [2.05, 4.69) is 10.0 Å². The van der Waals surface area contributed by atoms with Gasteiger partial charge in [-0.3, -0.25) is 9.59 Å². The number of rotatable bonds is 5. The third-order valence-electron chi connectivity index (χ3n) is 3.67. The average molecular weight is 360 g/mol. The molecule has 2 aromatic rings. The minimum absolute atomic E-state index is 0.00844. The van der Waals surface area contributed by atoms with Crippen LogP contribution in [0, 0.1) is 6.92 Å². The van der Waals surface area contributed by atoms with Gasteiger partial charge >= 0.3 is 5.97 Å². The van der Waals surface area contributed by atoms with Crippen molar-refractivity contribution in [1.29, 1.82) is 0 Å². The summed E-state index contributed by atoms with van der Waals surface area (Å²) in [6.07, 6.45) is 0.133. The molecule has 8 heteroatoms. The standard InChI is InChI=1S/C17H16N2O5S/c1-11-2-4-13(5-3-11)24-17(21)10-18-25(22,23)14-6-7-15-12(8-14)9-16(20)19-15/h2-8,18H,9-10H2,1H3,(H,19,20). The molecule has 25 heavy (non-hydrogen) atoms. The Hall–Kier alpha value is -2.71. The lowest BCUT2D eigenvalue weighted by molar-refractivity contribution is -0.133. The molecule has 1 heterocycles. The Labute approximate surface area is 145 Å². The summed E-state index contributed by atoms with van der Waals surface area (Å²) in [4.78, 5) is 23.1. The van der Waals surface area contributed by atoms with Crippen LogP contribution in [0.4, 0.5) is 5.69 Å². The van der Waals surface area contributed by atoms with Gasteiger partial charge in [-0.05, 0) is 42.8 Å². The molecule has 2 aromatic carbocycles. The number of nitrogens with one attached hydrogen (secondary N) is 2. The number of anilines is 1. The number of amides is 1. The van der Waals surface area contributed by atoms with Crippen LogP contribution in [0.1, 0.15) is 11.1 Å². The molecule has 0 saturated carbocycles. The second-order valence-electron chi connectivity index (χ2n) is 5.66. The van der Waals surface area contributed by atoms with Crippen molar-refractivity contribution in [2.75, 3.05) is 11.9 Å². The van der Waals surface area contributed by atoms with Crippen molar-refractivity contribution in [2.45, 2.75) is 18.2 Å². The zero-order chi connectivity index (χ0) is 18.0. The Morgan fingerprint density at radius 3 is 2.64 bits per heavy atom. The summed E-state index contributed by atoms with van der Waals surface area (Å²) >= 11 is 0. The molecule has 2 N–H and O–H groups in total. The van der Waals surface area contributed by atoms with Crippen molar-refractivity contribution in [3.05, 3.63) is 53.6 Å². The van der Waals surface area contributed by atoms with Crippen LogP contribution in [0.15, 0.2) is 47.4 Å². The number of carbonyl (C=O) groups is 2. The van der Waals surface area contributed by atoms with E-state index in [1.165, 1.54) is 18.2 Å². The molecule has 0 atom stereocenters. The molecule has 0 fully saturated rings. The average Bonchev–Trinajstić information content (AvgIpc) is 2.94. The highest BCUT2D eigenvalue weighted by atomic mass is 32.2. The van der Waals surface area contributed by atoms with E-state index in [0.717, 1.165) is 5.56 Å². The van der Waals surface area contributed by atoms with E-state index in [1.807, 2.05) is 6.92 Å². The van der Waals surface area contributed by atoms with Gasteiger partial charge in [0.1, 0.15) is 12.3 Å². The molecular weight excluding hydrogens is 344 g/mol. The molecule has 0 bridgehead atoms. The number of esters is 1. The van der Waals surface area contributed by atoms with E-state index in [-0.39, 0.29) is 17.2 Å². The van der Waals surface area contributed by atoms with Gasteiger partial charge in [-0.15, -0.1) is 0 Å². The zero-order valence-corrected chi connectivity index (χ0v) is 14.2. The minimum Gasteiger partial charge on any atom is -0.426 e. The third-order valence-corrected chi connectivity index (χ3v) is 5.07. The highest BCUT2D eigenvalue weighted by molar-refractivity contribution is 7.89. The molecule has 0 saturated heterocycles. The van der Waals surface area contributed by atoms with E-state index in [0.29, 0.717) is 17.0 Å². The second kappa shape index (κ2) is 6.66. The molecule has 0 aromatic heterocycles. The van der Waals surface area contributed by atoms with E-state index in [4.69, 9.17) is 4.74 Å². The van der Waals surface area contributed by atoms with Gasteiger partial charge in [0.05, 0.1) is 11.3 Å². The van der Waals surface area contributed by atoms with Crippen LogP contribution < -0.4 is 14.8 Å². The third kappa shape index (κ3) is 4.04. The van der Waals surface area contributed by atoms with Crippen LogP contribution in [-0.2, 0) is 26.0 Å². The topological polar surface area (TPSA) is 102 Å². The van der Waals surface area contributed by atoms with Crippen molar-refractivity contribution in [2.24, 2.45) is 0 Å². The van der Waals surface area contributed by atoms with Gasteiger partial charge in [-0.1, -0.05) is 17.7 Å². The van der Waals surface area contributed by atoms with E-state index < -0.39 is 22.5 Å². The molecule has 1 amide bonds. The fraction of sp³-hybridized carbons (Fsp3) is 0.176. The number of benzene rings is 2. The lowest BCUT2D eigenvalue weighted by atomic mass is 10.2. The molecule has 0 spiro atoms. The first-order chi connectivity index (χ1) is 11.8. The van der Waals surface area contributed by atoms with Gasteiger partial charge in [-0.25, -0.2) is 8.42 Å². The van der Waals surface area contributed by atoms with Crippen LogP contribution in [0.25, 0.3) is 0 Å². The normalized spacial score (nSPS) is 13.2. The summed E-state index contributed by atoms with van der Waals surface area (Å²) in [5.41, 5.74) is 2.22. The number of aryl methyl sites for hydroxylation is 1. The number of hydrogen-bond acceptors (Lipinski definition) is 5. The number of sulfonamides is 1. The molecule has 7 nitrogen and oxygen atoms in total. The van der Waals surface area contributed by atoms with E-state index >= 15 is 0 Å². The number of fused-ring (bicyclic) bond motifs is 1. The molecule has 1 aliphatic rings. The van der Waals surface area contributed by atoms with E-state index in [9.17, 15) is 18.0 Å². The maximum atomic E-state index is 12.3. The lowest BCUT2D eigenvalue weighted by Crippen LogP contribution is -2.32. The Morgan fingerprint density at radius 2 is 1.92 bits per heavy atom. The van der Waals surface area contributed by atoms with Gasteiger partial charge in [-0.2, -0.15) is 4.72 Å². The molecule has 3 rings (SSSR count). The largest absolute Gasteiger partial charge is 0.426 e. The van der Waals surface area contributed by atoms with Crippen LogP contribution >= 0.6 is 0 Å². The number of carbonyl (C=O) groups excluding carboxylic acids is 2. The van der Waals surface area contributed by atoms with Crippen molar-refractivity contribution in [1.82, 2.24) is 4.72 Å². The van der Waals surface area contributed by atoms with Crippen molar-refractivity contribution in [3.63, 3.8) is 0 Å². The zero-order valence-electron chi connectivity index (χ0n) is 13.4. The summed E-state index contributed by atoms with van der Waals surface area (Å²) in [5, 5.41) is 2.63. The minimum atomic E-state index is -3.88. The Balaban J connectivity index is 1.64. The van der Waals surface area contributed by atoms with Crippen molar-refractivity contribution >= 4 is 27.6 Å². The molecule has 130 valence electrons. The SMILES string of the molecule is Cc1ccc(OC(=O)CNS(=O)(=O)c2ccc3c(c2)CC(=O)N3)cc1. The van der Waals surface area contributed by atoms with Crippen molar-refractivity contribution in [3.8, 4) is 5.75 Å². The van der Waals surface area contributed by atoms with E-state index in [1.54, 1.807) is 24.3 Å². The predicted octanol–water partition coefficient (Wildman–Crippen LogP) is 1.37. The summed E-state index contributed by atoms with van der Waals surface area (Å²) in [5.74, 6) is -0.554. The van der Waals surface area contributed by atoms with Gasteiger partial charge in [0.15, 0.2) is 0 Å². The first-order valence-corrected chi connectivity index (χ1v) is 9.01. The molecule has 0 unspecified atom stereocenters. The highest BCUT2D eigenvalue weighted by Crippen LogP contribution is 2.25. The molecule has 1 aliphatic heterocycles. The maximum Gasteiger partial charge on any atom is 0.326 e. The van der Waals surface area contributed by atoms with Crippen LogP contribution in [0.5, 0.6) is 5.75 Å². The van der Waals surface area contributed by atoms with Gasteiger partial charge in [0.25, 0.3) is 0 Å². The summed E-state index contributed by atoms with van der Waals surface area (Å²) < 4.78 is 31.9. The monoisotopic (exact) mass is 360 g/mol. The summed E-state index contributed by atoms with van der Waals surface area (Å²) in [6.45, 7) is 1.41. The molecule has 0 radical (unpaired) electrons. The number of ether oxygens (including phenoxy) is 1. The predicted molar refractivity (Wildman–Crippen MR) is 90.8 cm³/mol. The van der Waals surface area contributed by atoms with Crippen LogP contribution in [0.3, 0.4) is 0 Å². The Bertz CT molecular complexity index is 936. The lowest BCUT2D eigenvalue weighted by Gasteiger charge is -2.08. The van der Waals surface area contributed by atoms with Crippen molar-refractivity contribution < 1.29 is 22.7 Å². The fourth-order valence-electron chi connectivity index (χ4n) is 2.38. The Kier molecular flexibility index (Phi) is 4.56.